The maximum absolute atomic E-state index is 12.0. The van der Waals surface area contributed by atoms with E-state index in [0.29, 0.717) is 12.2 Å². The number of nitrogens with zero attached hydrogens (tertiary/aromatic N) is 1. The van der Waals surface area contributed by atoms with Gasteiger partial charge in [-0.2, -0.15) is 0 Å². The number of hydrogen-bond donors (Lipinski definition) is 2. The zero-order valence-corrected chi connectivity index (χ0v) is 12.1. The summed E-state index contributed by atoms with van der Waals surface area (Å²) in [6.45, 7) is 2.09. The van der Waals surface area contributed by atoms with E-state index in [0.717, 1.165) is 5.69 Å². The van der Waals surface area contributed by atoms with Crippen LogP contribution in [0.25, 0.3) is 0 Å². The van der Waals surface area contributed by atoms with Crippen LogP contribution in [0.15, 0.2) is 24.3 Å². The van der Waals surface area contributed by atoms with Crippen LogP contribution in [-0.4, -0.2) is 41.4 Å². The Bertz CT molecular complexity index is 486. The molecule has 1 unspecified atom stereocenters. The molecule has 0 spiro atoms. The molecule has 102 valence electrons. The molecule has 2 N–H and O–H groups in total. The molecule has 0 aliphatic carbocycles. The highest BCUT2D eigenvalue weighted by Gasteiger charge is 2.19. The number of rotatable bonds is 6. The zero-order chi connectivity index (χ0) is 13.8. The summed E-state index contributed by atoms with van der Waals surface area (Å²) >= 11 is 0. The number of anilines is 2. The van der Waals surface area contributed by atoms with Crippen LogP contribution in [0, 0.1) is 0 Å². The molecule has 0 aromatic heterocycles. The molecule has 1 rings (SSSR count). The molecular weight excluding hydrogens is 250 g/mol. The van der Waals surface area contributed by atoms with Crippen LogP contribution in [0.1, 0.15) is 6.92 Å². The summed E-state index contributed by atoms with van der Waals surface area (Å²) < 4.78 is 26.6. The van der Waals surface area contributed by atoms with Crippen LogP contribution in [-0.2, 0) is 10.0 Å². The van der Waals surface area contributed by atoms with E-state index < -0.39 is 15.3 Å². The van der Waals surface area contributed by atoms with Crippen molar-refractivity contribution in [1.29, 1.82) is 0 Å². The van der Waals surface area contributed by atoms with Crippen molar-refractivity contribution in [3.8, 4) is 0 Å². The molecular formula is C12H21N3O2S. The minimum absolute atomic E-state index is 0.419. The van der Waals surface area contributed by atoms with Gasteiger partial charge in [0.1, 0.15) is 0 Å². The average Bonchev–Trinajstić information content (AvgIpc) is 2.29. The van der Waals surface area contributed by atoms with Crippen molar-refractivity contribution in [3.63, 3.8) is 0 Å². The van der Waals surface area contributed by atoms with Crippen LogP contribution >= 0.6 is 0 Å². The Morgan fingerprint density at radius 1 is 1.33 bits per heavy atom. The van der Waals surface area contributed by atoms with Crippen molar-refractivity contribution in [2.75, 3.05) is 37.3 Å². The Hall–Kier alpha value is -1.27. The summed E-state index contributed by atoms with van der Waals surface area (Å²) in [6.07, 6.45) is 0. The lowest BCUT2D eigenvalue weighted by molar-refractivity contribution is 0.584. The molecule has 1 atom stereocenters. The number of sulfonamides is 1. The van der Waals surface area contributed by atoms with Gasteiger partial charge in [0.2, 0.25) is 10.0 Å². The Balaban J connectivity index is 2.87. The van der Waals surface area contributed by atoms with E-state index in [2.05, 4.69) is 10.0 Å². The van der Waals surface area contributed by atoms with E-state index >= 15 is 0 Å². The Labute approximate surface area is 109 Å². The molecule has 0 aliphatic heterocycles. The van der Waals surface area contributed by atoms with Gasteiger partial charge in [-0.05, 0) is 32.2 Å². The average molecular weight is 271 g/mol. The topological polar surface area (TPSA) is 61.4 Å². The molecule has 0 heterocycles. The third kappa shape index (κ3) is 3.89. The zero-order valence-electron chi connectivity index (χ0n) is 11.3. The quantitative estimate of drug-likeness (QED) is 0.813. The normalized spacial score (nSPS) is 13.1. The molecule has 0 aliphatic rings. The standard InChI is InChI=1S/C12H21N3O2S/c1-10(9-13-2)18(16,17)14-11-6-5-7-12(8-11)15(3)4/h5-8,10,13-14H,9H2,1-4H3. The lowest BCUT2D eigenvalue weighted by atomic mass is 10.3. The van der Waals surface area contributed by atoms with Gasteiger partial charge in [-0.3, -0.25) is 4.72 Å². The minimum Gasteiger partial charge on any atom is -0.378 e. The SMILES string of the molecule is CNCC(C)S(=O)(=O)Nc1cccc(N(C)C)c1. The Morgan fingerprint density at radius 2 is 2.00 bits per heavy atom. The molecule has 5 nitrogen and oxygen atoms in total. The van der Waals surface area contributed by atoms with Gasteiger partial charge in [-0.1, -0.05) is 6.07 Å². The van der Waals surface area contributed by atoms with E-state index in [-0.39, 0.29) is 0 Å². The van der Waals surface area contributed by atoms with Crippen LogP contribution in [0.5, 0.6) is 0 Å². The molecule has 0 amide bonds. The van der Waals surface area contributed by atoms with Crippen LogP contribution in [0.4, 0.5) is 11.4 Å². The van der Waals surface area contributed by atoms with Gasteiger partial charge in [0.15, 0.2) is 0 Å². The van der Waals surface area contributed by atoms with Crippen molar-refractivity contribution in [2.45, 2.75) is 12.2 Å². The van der Waals surface area contributed by atoms with Crippen molar-refractivity contribution in [1.82, 2.24) is 5.32 Å². The summed E-state index contributed by atoms with van der Waals surface area (Å²) in [6, 6.07) is 7.31. The maximum Gasteiger partial charge on any atom is 0.236 e. The Morgan fingerprint density at radius 3 is 2.56 bits per heavy atom. The lowest BCUT2D eigenvalue weighted by Gasteiger charge is -2.17. The number of nitrogens with one attached hydrogen (secondary N) is 2. The monoisotopic (exact) mass is 271 g/mol. The van der Waals surface area contributed by atoms with E-state index in [9.17, 15) is 8.42 Å². The third-order valence-electron chi connectivity index (χ3n) is 2.64. The molecule has 1 aromatic carbocycles. The summed E-state index contributed by atoms with van der Waals surface area (Å²) in [4.78, 5) is 1.93. The van der Waals surface area contributed by atoms with Crippen molar-refractivity contribution < 1.29 is 8.42 Å². The first-order chi connectivity index (χ1) is 8.36. The number of hydrogen-bond acceptors (Lipinski definition) is 4. The first-order valence-electron chi connectivity index (χ1n) is 5.80. The molecule has 6 heteroatoms. The maximum atomic E-state index is 12.0. The fourth-order valence-corrected chi connectivity index (χ4v) is 2.55. The smallest absolute Gasteiger partial charge is 0.236 e. The second-order valence-electron chi connectivity index (χ2n) is 4.46. The van der Waals surface area contributed by atoms with Crippen molar-refractivity contribution in [3.05, 3.63) is 24.3 Å². The molecule has 1 aromatic rings. The predicted molar refractivity (Wildman–Crippen MR) is 76.7 cm³/mol. The minimum atomic E-state index is -3.35. The Kier molecular flexibility index (Phi) is 4.98. The van der Waals surface area contributed by atoms with Crippen LogP contribution in [0.3, 0.4) is 0 Å². The highest BCUT2D eigenvalue weighted by atomic mass is 32.2. The van der Waals surface area contributed by atoms with Crippen LogP contribution in [0.2, 0.25) is 0 Å². The van der Waals surface area contributed by atoms with Gasteiger partial charge in [-0.15, -0.1) is 0 Å². The molecule has 18 heavy (non-hydrogen) atoms. The lowest BCUT2D eigenvalue weighted by Crippen LogP contribution is -2.33. The molecule has 0 radical (unpaired) electrons. The van der Waals surface area contributed by atoms with E-state index in [1.807, 2.05) is 37.2 Å². The van der Waals surface area contributed by atoms with Crippen LogP contribution < -0.4 is 14.9 Å². The molecule has 0 saturated heterocycles. The van der Waals surface area contributed by atoms with Gasteiger partial charge in [0, 0.05) is 26.3 Å². The first-order valence-corrected chi connectivity index (χ1v) is 7.35. The van der Waals surface area contributed by atoms with Gasteiger partial charge in [0.05, 0.1) is 10.9 Å². The predicted octanol–water partition coefficient (Wildman–Crippen LogP) is 1.10. The van der Waals surface area contributed by atoms with E-state index in [4.69, 9.17) is 0 Å². The van der Waals surface area contributed by atoms with E-state index in [1.165, 1.54) is 0 Å². The second kappa shape index (κ2) is 6.06. The van der Waals surface area contributed by atoms with Gasteiger partial charge in [0.25, 0.3) is 0 Å². The van der Waals surface area contributed by atoms with Crippen molar-refractivity contribution >= 4 is 21.4 Å². The van der Waals surface area contributed by atoms with Crippen molar-refractivity contribution in [2.24, 2.45) is 0 Å². The fourth-order valence-electron chi connectivity index (χ4n) is 1.51. The summed E-state index contributed by atoms with van der Waals surface area (Å²) in [7, 11) is 2.21. The fraction of sp³-hybridized carbons (Fsp3) is 0.500. The molecule has 0 bridgehead atoms. The summed E-state index contributed by atoms with van der Waals surface area (Å²) in [5.41, 5.74) is 1.54. The van der Waals surface area contributed by atoms with E-state index in [1.54, 1.807) is 20.0 Å². The first kappa shape index (κ1) is 14.8. The summed E-state index contributed by atoms with van der Waals surface area (Å²) in [5.74, 6) is 0. The molecule has 0 fully saturated rings. The van der Waals surface area contributed by atoms with Gasteiger partial charge in [-0.25, -0.2) is 8.42 Å². The molecule has 0 saturated carbocycles. The summed E-state index contributed by atoms with van der Waals surface area (Å²) in [5, 5.41) is 2.38. The number of benzene rings is 1. The van der Waals surface area contributed by atoms with Gasteiger partial charge >= 0.3 is 0 Å². The highest BCUT2D eigenvalue weighted by Crippen LogP contribution is 2.19. The highest BCUT2D eigenvalue weighted by molar-refractivity contribution is 7.93. The van der Waals surface area contributed by atoms with Gasteiger partial charge < -0.3 is 10.2 Å². The third-order valence-corrected chi connectivity index (χ3v) is 4.39. The second-order valence-corrected chi connectivity index (χ2v) is 6.56. The largest absolute Gasteiger partial charge is 0.378 e.